The smallest absolute Gasteiger partial charge is 0.242 e. The summed E-state index contributed by atoms with van der Waals surface area (Å²) in [6.45, 7) is 0.144. The average molecular weight is 585 g/mol. The zero-order chi connectivity index (χ0) is 30.2. The topological polar surface area (TPSA) is 6.48 Å². The van der Waals surface area contributed by atoms with Crippen LogP contribution in [0.1, 0.15) is 22.3 Å². The number of rotatable bonds is 2. The summed E-state index contributed by atoms with van der Waals surface area (Å²) in [6.07, 6.45) is 0. The molecule has 3 aliphatic heterocycles. The summed E-state index contributed by atoms with van der Waals surface area (Å²) in [5.74, 6) is 0. The lowest BCUT2D eigenvalue weighted by atomic mass is 9.30. The average Bonchev–Trinajstić information content (AvgIpc) is 3.13. The van der Waals surface area contributed by atoms with E-state index < -0.39 is 5.41 Å². The zero-order valence-corrected chi connectivity index (χ0v) is 25.2. The van der Waals surface area contributed by atoms with Gasteiger partial charge in [0.1, 0.15) is 0 Å². The second-order valence-corrected chi connectivity index (χ2v) is 12.5. The van der Waals surface area contributed by atoms with Gasteiger partial charge in [0.2, 0.25) is 6.71 Å². The van der Waals surface area contributed by atoms with E-state index in [2.05, 4.69) is 186 Å². The molecule has 0 saturated carbocycles. The standard InChI is InChI=1S/C43H29BN2/c1-3-16-30(17-4-1)44-36-24-10-7-20-32(36)43(33-21-8-11-25-37(33)44)34-22-9-12-26-38(34)46-40-28-14-13-27-39(40)45(31-18-5-2-6-19-31)41-29-15-23-35(43)42(41)46/h1-29H. The van der Waals surface area contributed by atoms with Crippen molar-refractivity contribution in [3.05, 3.63) is 198 Å². The first kappa shape index (κ1) is 25.5. The minimum atomic E-state index is -0.508. The van der Waals surface area contributed by atoms with Crippen LogP contribution in [0.25, 0.3) is 0 Å². The molecular formula is C43H29BN2. The summed E-state index contributed by atoms with van der Waals surface area (Å²) in [6, 6.07) is 65.1. The molecule has 0 radical (unpaired) electrons. The van der Waals surface area contributed by atoms with Gasteiger partial charge in [0.25, 0.3) is 0 Å². The Morgan fingerprint density at radius 1 is 0.348 bits per heavy atom. The maximum atomic E-state index is 2.52. The third kappa shape index (κ3) is 3.22. The molecule has 0 N–H and O–H groups in total. The van der Waals surface area contributed by atoms with Gasteiger partial charge in [-0.1, -0.05) is 156 Å². The van der Waals surface area contributed by atoms with Crippen LogP contribution in [0.15, 0.2) is 176 Å². The van der Waals surface area contributed by atoms with Gasteiger partial charge in [-0.3, -0.25) is 0 Å². The Morgan fingerprint density at radius 3 is 1.50 bits per heavy atom. The van der Waals surface area contributed by atoms with Gasteiger partial charge in [-0.25, -0.2) is 0 Å². The maximum absolute atomic E-state index is 2.52. The number of benzene rings is 7. The predicted molar refractivity (Wildman–Crippen MR) is 192 cm³/mol. The van der Waals surface area contributed by atoms with Crippen molar-refractivity contribution in [1.29, 1.82) is 0 Å². The number of hydrogen-bond donors (Lipinski definition) is 0. The van der Waals surface area contributed by atoms with E-state index in [1.807, 2.05) is 0 Å². The lowest BCUT2D eigenvalue weighted by molar-refractivity contribution is 0.735. The number of nitrogens with zero attached hydrogens (tertiary/aromatic N) is 2. The first-order valence-electron chi connectivity index (χ1n) is 16.1. The van der Waals surface area contributed by atoms with Crippen molar-refractivity contribution in [3.8, 4) is 0 Å². The second kappa shape index (κ2) is 9.60. The van der Waals surface area contributed by atoms with E-state index in [0.29, 0.717) is 0 Å². The van der Waals surface area contributed by atoms with E-state index in [0.717, 1.165) is 5.69 Å². The van der Waals surface area contributed by atoms with Gasteiger partial charge in [0.05, 0.1) is 33.9 Å². The highest BCUT2D eigenvalue weighted by Crippen LogP contribution is 2.64. The third-order valence-electron chi connectivity index (χ3n) is 10.3. The van der Waals surface area contributed by atoms with Crippen molar-refractivity contribution in [2.75, 3.05) is 9.80 Å². The molecule has 214 valence electrons. The van der Waals surface area contributed by atoms with Crippen molar-refractivity contribution in [2.24, 2.45) is 0 Å². The summed E-state index contributed by atoms with van der Waals surface area (Å²) in [4.78, 5) is 4.97. The Hall–Kier alpha value is -5.80. The molecule has 2 nitrogen and oxygen atoms in total. The summed E-state index contributed by atoms with van der Waals surface area (Å²) in [5.41, 5.74) is 16.1. The molecule has 0 bridgehead atoms. The minimum absolute atomic E-state index is 0.144. The zero-order valence-electron chi connectivity index (χ0n) is 25.2. The molecule has 0 aliphatic carbocycles. The second-order valence-electron chi connectivity index (χ2n) is 12.5. The quantitative estimate of drug-likeness (QED) is 0.188. The van der Waals surface area contributed by atoms with Crippen molar-refractivity contribution in [3.63, 3.8) is 0 Å². The van der Waals surface area contributed by atoms with Crippen LogP contribution >= 0.6 is 0 Å². The van der Waals surface area contributed by atoms with E-state index in [1.54, 1.807) is 0 Å². The number of hydrogen-bond acceptors (Lipinski definition) is 2. The monoisotopic (exact) mass is 584 g/mol. The SMILES string of the molecule is c1ccc(B2c3ccccc3C3(c4ccccc42)c2ccccc2N2c4ccccc4N(c4ccccc4)c4cccc3c42)cc1. The summed E-state index contributed by atoms with van der Waals surface area (Å²) < 4.78 is 0. The van der Waals surface area contributed by atoms with Crippen LogP contribution in [-0.2, 0) is 5.41 Å². The van der Waals surface area contributed by atoms with Crippen LogP contribution < -0.4 is 26.2 Å². The van der Waals surface area contributed by atoms with E-state index in [1.165, 1.54) is 67.1 Å². The van der Waals surface area contributed by atoms with Gasteiger partial charge >= 0.3 is 0 Å². The highest BCUT2D eigenvalue weighted by Gasteiger charge is 2.54. The van der Waals surface area contributed by atoms with Gasteiger partial charge in [0.15, 0.2) is 0 Å². The fourth-order valence-corrected chi connectivity index (χ4v) is 8.66. The van der Waals surface area contributed by atoms with Crippen LogP contribution in [-0.4, -0.2) is 6.71 Å². The summed E-state index contributed by atoms with van der Waals surface area (Å²) >= 11 is 0. The van der Waals surface area contributed by atoms with Crippen molar-refractivity contribution >= 4 is 57.2 Å². The molecule has 1 spiro atoms. The molecule has 0 aromatic heterocycles. The van der Waals surface area contributed by atoms with Gasteiger partial charge in [-0.2, -0.15) is 0 Å². The molecule has 0 atom stereocenters. The Labute approximate surface area is 269 Å². The number of anilines is 6. The van der Waals surface area contributed by atoms with E-state index in [-0.39, 0.29) is 6.71 Å². The Balaban J connectivity index is 1.37. The first-order valence-corrected chi connectivity index (χ1v) is 16.1. The molecule has 3 heteroatoms. The molecule has 0 unspecified atom stereocenters. The molecule has 3 aliphatic rings. The molecule has 7 aromatic rings. The van der Waals surface area contributed by atoms with Crippen molar-refractivity contribution in [1.82, 2.24) is 0 Å². The lowest BCUT2D eigenvalue weighted by Gasteiger charge is -2.53. The third-order valence-corrected chi connectivity index (χ3v) is 10.3. The first-order chi connectivity index (χ1) is 22.9. The highest BCUT2D eigenvalue weighted by molar-refractivity contribution is 6.96. The summed E-state index contributed by atoms with van der Waals surface area (Å²) in [5, 5.41) is 0. The van der Waals surface area contributed by atoms with Crippen LogP contribution in [0.4, 0.5) is 34.1 Å². The molecule has 0 amide bonds. The Morgan fingerprint density at radius 2 is 0.826 bits per heavy atom. The largest absolute Gasteiger partial charge is 0.306 e. The molecule has 3 heterocycles. The maximum Gasteiger partial charge on any atom is 0.242 e. The lowest BCUT2D eigenvalue weighted by Crippen LogP contribution is -2.62. The molecular weight excluding hydrogens is 555 g/mol. The summed E-state index contributed by atoms with van der Waals surface area (Å²) in [7, 11) is 0. The van der Waals surface area contributed by atoms with E-state index in [4.69, 9.17) is 0 Å². The van der Waals surface area contributed by atoms with Gasteiger partial charge in [-0.05, 0) is 58.7 Å². The van der Waals surface area contributed by atoms with Crippen LogP contribution in [0.3, 0.4) is 0 Å². The normalized spacial score (nSPS) is 14.6. The fraction of sp³-hybridized carbons (Fsp3) is 0.0233. The fourth-order valence-electron chi connectivity index (χ4n) is 8.66. The number of para-hydroxylation sites is 5. The molecule has 0 fully saturated rings. The Bertz CT molecular complexity index is 2230. The van der Waals surface area contributed by atoms with E-state index >= 15 is 0 Å². The van der Waals surface area contributed by atoms with E-state index in [9.17, 15) is 0 Å². The van der Waals surface area contributed by atoms with Gasteiger partial charge < -0.3 is 9.80 Å². The molecule has 10 rings (SSSR count). The predicted octanol–water partition coefficient (Wildman–Crippen LogP) is 8.47. The van der Waals surface area contributed by atoms with Crippen LogP contribution in [0.5, 0.6) is 0 Å². The Kier molecular flexibility index (Phi) is 5.33. The molecule has 0 saturated heterocycles. The van der Waals surface area contributed by atoms with Gasteiger partial charge in [0, 0.05) is 5.69 Å². The van der Waals surface area contributed by atoms with Gasteiger partial charge in [-0.15, -0.1) is 0 Å². The molecule has 46 heavy (non-hydrogen) atoms. The number of fused-ring (bicyclic) bond motifs is 10. The van der Waals surface area contributed by atoms with Crippen LogP contribution in [0, 0.1) is 0 Å². The van der Waals surface area contributed by atoms with Crippen molar-refractivity contribution < 1.29 is 0 Å². The van der Waals surface area contributed by atoms with Crippen molar-refractivity contribution in [2.45, 2.75) is 5.41 Å². The van der Waals surface area contributed by atoms with Crippen LogP contribution in [0.2, 0.25) is 0 Å². The molecule has 7 aromatic carbocycles. The minimum Gasteiger partial charge on any atom is -0.306 e. The highest BCUT2D eigenvalue weighted by atomic mass is 15.3.